The molecule has 0 aromatic heterocycles. The van der Waals surface area contributed by atoms with E-state index in [9.17, 15) is 14.4 Å². The van der Waals surface area contributed by atoms with Gasteiger partial charge in [-0.25, -0.2) is 0 Å². The van der Waals surface area contributed by atoms with E-state index in [0.29, 0.717) is 18.0 Å². The highest BCUT2D eigenvalue weighted by molar-refractivity contribution is 5.83. The highest BCUT2D eigenvalue weighted by Crippen LogP contribution is 2.46. The Morgan fingerprint density at radius 3 is 2.64 bits per heavy atom. The molecule has 0 bridgehead atoms. The van der Waals surface area contributed by atoms with Crippen LogP contribution in [0.3, 0.4) is 0 Å². The third-order valence-electron chi connectivity index (χ3n) is 5.05. The van der Waals surface area contributed by atoms with Gasteiger partial charge in [0.05, 0.1) is 12.5 Å². The molecule has 0 unspecified atom stereocenters. The lowest BCUT2D eigenvalue weighted by Crippen LogP contribution is -2.46. The summed E-state index contributed by atoms with van der Waals surface area (Å²) < 4.78 is 16.3. The average molecular weight is 345 g/mol. The van der Waals surface area contributed by atoms with E-state index in [2.05, 4.69) is 0 Å². The molecule has 0 N–H and O–H groups in total. The Labute approximate surface area is 144 Å². The number of esters is 1. The van der Waals surface area contributed by atoms with E-state index in [1.165, 1.54) is 13.8 Å². The van der Waals surface area contributed by atoms with Crippen LogP contribution in [0.25, 0.3) is 0 Å². The molecule has 25 heavy (non-hydrogen) atoms. The fourth-order valence-corrected chi connectivity index (χ4v) is 4.16. The summed E-state index contributed by atoms with van der Waals surface area (Å²) in [7, 11) is 0. The molecule has 1 amide bonds. The van der Waals surface area contributed by atoms with Gasteiger partial charge in [-0.05, 0) is 30.2 Å². The van der Waals surface area contributed by atoms with E-state index in [1.807, 2.05) is 12.1 Å². The van der Waals surface area contributed by atoms with E-state index in [0.717, 1.165) is 11.1 Å². The summed E-state index contributed by atoms with van der Waals surface area (Å²) in [5.41, 5.74) is 1.91. The molecule has 1 saturated heterocycles. The number of carbonyl (C=O) groups excluding carboxylic acids is 3. The second kappa shape index (κ2) is 5.75. The van der Waals surface area contributed by atoms with Gasteiger partial charge in [-0.1, -0.05) is 0 Å². The number of carbonyl (C=O) groups is 3. The van der Waals surface area contributed by atoms with Gasteiger partial charge < -0.3 is 23.9 Å². The minimum Gasteiger partial charge on any atom is -0.460 e. The second-order valence-electron chi connectivity index (χ2n) is 6.78. The predicted molar refractivity (Wildman–Crippen MR) is 85.1 cm³/mol. The maximum absolute atomic E-state index is 12.5. The van der Waals surface area contributed by atoms with Crippen LogP contribution in [0.4, 0.5) is 0 Å². The lowest BCUT2D eigenvalue weighted by Gasteiger charge is -2.40. The number of amides is 1. The van der Waals surface area contributed by atoms with Crippen LogP contribution in [0.15, 0.2) is 12.1 Å². The molecule has 7 nitrogen and oxygen atoms in total. The van der Waals surface area contributed by atoms with Crippen molar-refractivity contribution in [3.63, 3.8) is 0 Å². The quantitative estimate of drug-likeness (QED) is 0.773. The van der Waals surface area contributed by atoms with Gasteiger partial charge in [-0.3, -0.25) is 9.59 Å². The molecule has 1 fully saturated rings. The van der Waals surface area contributed by atoms with Crippen molar-refractivity contribution in [1.29, 1.82) is 0 Å². The normalized spacial score (nSPS) is 26.2. The molecule has 7 heteroatoms. The molecule has 1 aromatic rings. The first kappa shape index (κ1) is 15.9. The van der Waals surface area contributed by atoms with Crippen molar-refractivity contribution in [2.24, 2.45) is 0 Å². The minimum atomic E-state index is -0.534. The molecule has 0 radical (unpaired) electrons. The number of nitrogens with zero attached hydrogens (tertiary/aromatic N) is 1. The van der Waals surface area contributed by atoms with Crippen LogP contribution in [-0.4, -0.2) is 41.5 Å². The van der Waals surface area contributed by atoms with Gasteiger partial charge in [0.25, 0.3) is 0 Å². The lowest BCUT2D eigenvalue weighted by molar-refractivity contribution is -0.148. The molecule has 0 spiro atoms. The van der Waals surface area contributed by atoms with Crippen molar-refractivity contribution < 1.29 is 28.6 Å². The Hall–Kier alpha value is -2.57. The second-order valence-corrected chi connectivity index (χ2v) is 6.78. The molecule has 0 saturated carbocycles. The topological polar surface area (TPSA) is 82.1 Å². The number of Topliss-reactive ketones (excluding diaryl/α,β-unsaturated/α-hetero) is 1. The fourth-order valence-electron chi connectivity index (χ4n) is 4.16. The van der Waals surface area contributed by atoms with Gasteiger partial charge in [0.15, 0.2) is 11.5 Å². The lowest BCUT2D eigenvalue weighted by atomic mass is 9.79. The number of benzene rings is 1. The highest BCUT2D eigenvalue weighted by atomic mass is 16.7. The summed E-state index contributed by atoms with van der Waals surface area (Å²) in [6.07, 6.45) is -0.106. The van der Waals surface area contributed by atoms with Gasteiger partial charge in [-0.15, -0.1) is 0 Å². The third-order valence-corrected chi connectivity index (χ3v) is 5.05. The van der Waals surface area contributed by atoms with Crippen LogP contribution in [0.1, 0.15) is 43.7 Å². The van der Waals surface area contributed by atoms with Crippen LogP contribution in [-0.2, 0) is 25.7 Å². The van der Waals surface area contributed by atoms with E-state index in [-0.39, 0.29) is 43.3 Å². The SMILES string of the molecule is CC(=O)C[C@@H]1c2cc3c(cc2CN2C(=O)C[C@H](OC(C)=O)[C@@H]12)OCO3. The first-order valence-corrected chi connectivity index (χ1v) is 8.32. The monoisotopic (exact) mass is 345 g/mol. The number of ketones is 1. The zero-order chi connectivity index (χ0) is 17.7. The standard InChI is InChI=1S/C18H19NO6/c1-9(20)3-13-12-5-15-14(23-8-24-15)4-11(12)7-19-17(22)6-16(18(13)19)25-10(2)21/h4-5,13,16,18H,3,6-8H2,1-2H3/t13-,16+,18-/m1/s1. The summed E-state index contributed by atoms with van der Waals surface area (Å²) in [4.78, 5) is 37.5. The van der Waals surface area contributed by atoms with Crippen molar-refractivity contribution in [1.82, 2.24) is 4.90 Å². The largest absolute Gasteiger partial charge is 0.460 e. The summed E-state index contributed by atoms with van der Waals surface area (Å²) in [6, 6.07) is 3.46. The molecule has 3 aliphatic heterocycles. The fraction of sp³-hybridized carbons (Fsp3) is 0.500. The first-order valence-electron chi connectivity index (χ1n) is 8.32. The Morgan fingerprint density at radius 2 is 1.96 bits per heavy atom. The van der Waals surface area contributed by atoms with Gasteiger partial charge in [0.2, 0.25) is 12.7 Å². The Bertz CT molecular complexity index is 773. The minimum absolute atomic E-state index is 0.0244. The van der Waals surface area contributed by atoms with Gasteiger partial charge in [0.1, 0.15) is 11.9 Å². The van der Waals surface area contributed by atoms with E-state index < -0.39 is 12.1 Å². The summed E-state index contributed by atoms with van der Waals surface area (Å²) in [5, 5.41) is 0. The van der Waals surface area contributed by atoms with Crippen LogP contribution >= 0.6 is 0 Å². The maximum Gasteiger partial charge on any atom is 0.302 e. The molecule has 3 atom stereocenters. The Kier molecular flexibility index (Phi) is 3.67. The Balaban J connectivity index is 1.79. The third kappa shape index (κ3) is 2.63. The van der Waals surface area contributed by atoms with E-state index in [1.54, 1.807) is 4.90 Å². The number of fused-ring (bicyclic) bond motifs is 3. The zero-order valence-electron chi connectivity index (χ0n) is 14.1. The van der Waals surface area contributed by atoms with Crippen LogP contribution < -0.4 is 9.47 Å². The Morgan fingerprint density at radius 1 is 1.24 bits per heavy atom. The van der Waals surface area contributed by atoms with Crippen molar-refractivity contribution in [2.75, 3.05) is 6.79 Å². The van der Waals surface area contributed by atoms with Crippen LogP contribution in [0.5, 0.6) is 11.5 Å². The average Bonchev–Trinajstić information content (AvgIpc) is 3.09. The van der Waals surface area contributed by atoms with Crippen LogP contribution in [0.2, 0.25) is 0 Å². The van der Waals surface area contributed by atoms with E-state index >= 15 is 0 Å². The summed E-state index contributed by atoms with van der Waals surface area (Å²) in [5.74, 6) is 0.616. The van der Waals surface area contributed by atoms with Crippen molar-refractivity contribution in [2.45, 2.75) is 51.3 Å². The van der Waals surface area contributed by atoms with Gasteiger partial charge >= 0.3 is 5.97 Å². The molecule has 0 aliphatic carbocycles. The summed E-state index contributed by atoms with van der Waals surface area (Å²) in [6.45, 7) is 3.45. The van der Waals surface area contributed by atoms with Crippen molar-refractivity contribution >= 4 is 17.7 Å². The van der Waals surface area contributed by atoms with Crippen LogP contribution in [0, 0.1) is 0 Å². The smallest absolute Gasteiger partial charge is 0.302 e. The van der Waals surface area contributed by atoms with Gasteiger partial charge in [0, 0.05) is 25.8 Å². The molecular weight excluding hydrogens is 326 g/mol. The van der Waals surface area contributed by atoms with Crippen molar-refractivity contribution in [3.8, 4) is 11.5 Å². The highest BCUT2D eigenvalue weighted by Gasteiger charge is 2.50. The maximum atomic E-state index is 12.5. The molecular formula is C18H19NO6. The predicted octanol–water partition coefficient (Wildman–Crippen LogP) is 1.52. The summed E-state index contributed by atoms with van der Waals surface area (Å²) >= 11 is 0. The molecule has 132 valence electrons. The van der Waals surface area contributed by atoms with E-state index in [4.69, 9.17) is 14.2 Å². The first-order chi connectivity index (χ1) is 11.9. The molecule has 3 heterocycles. The van der Waals surface area contributed by atoms with Crippen molar-refractivity contribution in [3.05, 3.63) is 23.3 Å². The number of hydrogen-bond acceptors (Lipinski definition) is 6. The molecule has 4 rings (SSSR count). The molecule has 1 aromatic carbocycles. The molecule has 3 aliphatic rings. The van der Waals surface area contributed by atoms with Gasteiger partial charge in [-0.2, -0.15) is 0 Å². The number of ether oxygens (including phenoxy) is 3. The zero-order valence-corrected chi connectivity index (χ0v) is 14.1. The number of hydrogen-bond donors (Lipinski definition) is 0. The number of rotatable bonds is 3.